The van der Waals surface area contributed by atoms with Crippen molar-refractivity contribution >= 4 is 21.4 Å². The first-order valence-electron chi connectivity index (χ1n) is 5.48. The van der Waals surface area contributed by atoms with E-state index in [0.29, 0.717) is 11.9 Å². The maximum absolute atomic E-state index is 13.5. The Bertz CT molecular complexity index is 751. The monoisotopic (exact) mass is 302 g/mol. The van der Waals surface area contributed by atoms with Gasteiger partial charge in [-0.2, -0.15) is 8.42 Å². The third-order valence-corrected chi connectivity index (χ3v) is 3.93. The molecule has 1 aromatic carbocycles. The summed E-state index contributed by atoms with van der Waals surface area (Å²) in [5, 5.41) is -0.264. The molecule has 0 aliphatic rings. The molecule has 2 rings (SSSR count). The lowest BCUT2D eigenvalue weighted by atomic mass is 10.2. The third kappa shape index (κ3) is 2.57. The highest BCUT2D eigenvalue weighted by Crippen LogP contribution is 2.23. The summed E-state index contributed by atoms with van der Waals surface area (Å²) in [5.41, 5.74) is 4.48. The van der Waals surface area contributed by atoms with E-state index in [0.717, 1.165) is 6.07 Å². The predicted octanol–water partition coefficient (Wildman–Crippen LogP) is 1.39. The van der Waals surface area contributed by atoms with Crippen molar-refractivity contribution in [3.8, 4) is 0 Å². The number of aromatic nitrogens is 2. The average molecular weight is 302 g/mol. The Hall–Kier alpha value is -2.16. The van der Waals surface area contributed by atoms with E-state index >= 15 is 0 Å². The van der Waals surface area contributed by atoms with E-state index in [1.54, 1.807) is 14.0 Å². The Kier molecular flexibility index (Phi) is 3.38. The van der Waals surface area contributed by atoms with Crippen LogP contribution in [0.2, 0.25) is 0 Å². The number of aryl methyl sites for hydroxylation is 2. The minimum atomic E-state index is -4.07. The Morgan fingerprint density at radius 2 is 1.95 bits per heavy atom. The van der Waals surface area contributed by atoms with E-state index in [9.17, 15) is 17.2 Å². The van der Waals surface area contributed by atoms with E-state index in [1.165, 1.54) is 10.8 Å². The van der Waals surface area contributed by atoms with Gasteiger partial charge < -0.3 is 10.3 Å². The van der Waals surface area contributed by atoms with Gasteiger partial charge in [-0.1, -0.05) is 0 Å². The first-order valence-corrected chi connectivity index (χ1v) is 6.96. The van der Waals surface area contributed by atoms with Gasteiger partial charge in [-0.25, -0.2) is 13.8 Å². The fraction of sp³-hybridized carbons (Fsp3) is 0.182. The minimum absolute atomic E-state index is 0.264. The molecule has 20 heavy (non-hydrogen) atoms. The van der Waals surface area contributed by atoms with Gasteiger partial charge in [0.1, 0.15) is 17.5 Å². The summed E-state index contributed by atoms with van der Waals surface area (Å²) in [4.78, 5) is 3.83. The Labute approximate surface area is 114 Å². The number of hydrogen-bond acceptors (Lipinski definition) is 4. The number of nitrogen functional groups attached to an aromatic ring is 1. The van der Waals surface area contributed by atoms with E-state index in [-0.39, 0.29) is 10.7 Å². The summed E-state index contributed by atoms with van der Waals surface area (Å²) in [6.45, 7) is 1.62. The summed E-state index contributed by atoms with van der Waals surface area (Å²) in [5.74, 6) is -1.54. The molecule has 0 bridgehead atoms. The molecule has 0 aliphatic carbocycles. The topological polar surface area (TPSA) is 90.0 Å². The molecule has 1 aromatic heterocycles. The van der Waals surface area contributed by atoms with Gasteiger partial charge in [0.25, 0.3) is 10.0 Å². The smallest absolute Gasteiger partial charge is 0.281 e. The van der Waals surface area contributed by atoms with Gasteiger partial charge in [-0.3, -0.25) is 4.72 Å². The SMILES string of the molecule is Cc1nc(S(=O)(=O)Nc2cc(N)c(F)cc2F)cn1C. The molecule has 3 N–H and O–H groups in total. The van der Waals surface area contributed by atoms with Gasteiger partial charge in [-0.05, 0) is 13.0 Å². The Morgan fingerprint density at radius 1 is 1.30 bits per heavy atom. The van der Waals surface area contributed by atoms with Crippen LogP contribution in [0.4, 0.5) is 20.2 Å². The summed E-state index contributed by atoms with van der Waals surface area (Å²) >= 11 is 0. The molecule has 108 valence electrons. The Morgan fingerprint density at radius 3 is 2.50 bits per heavy atom. The molecule has 0 radical (unpaired) electrons. The molecule has 1 heterocycles. The van der Waals surface area contributed by atoms with Crippen LogP contribution in [0, 0.1) is 18.6 Å². The zero-order valence-electron chi connectivity index (χ0n) is 10.7. The molecular weight excluding hydrogens is 290 g/mol. The van der Waals surface area contributed by atoms with E-state index in [1.807, 2.05) is 4.72 Å². The van der Waals surface area contributed by atoms with Crippen molar-refractivity contribution in [1.29, 1.82) is 0 Å². The number of halogens is 2. The van der Waals surface area contributed by atoms with Crippen LogP contribution in [-0.2, 0) is 17.1 Å². The molecule has 0 saturated carbocycles. The van der Waals surface area contributed by atoms with Gasteiger partial charge in [-0.15, -0.1) is 0 Å². The minimum Gasteiger partial charge on any atom is -0.396 e. The highest BCUT2D eigenvalue weighted by atomic mass is 32.2. The molecule has 0 unspecified atom stereocenters. The predicted molar refractivity (Wildman–Crippen MR) is 69.5 cm³/mol. The number of sulfonamides is 1. The van der Waals surface area contributed by atoms with Crippen LogP contribution in [0.1, 0.15) is 5.82 Å². The summed E-state index contributed by atoms with van der Waals surface area (Å²) in [6, 6.07) is 1.38. The molecule has 6 nitrogen and oxygen atoms in total. The molecule has 2 aromatic rings. The molecule has 0 aliphatic heterocycles. The summed E-state index contributed by atoms with van der Waals surface area (Å²) in [6.07, 6.45) is 1.28. The first-order chi connectivity index (χ1) is 9.20. The maximum Gasteiger partial charge on any atom is 0.281 e. The fourth-order valence-corrected chi connectivity index (χ4v) is 2.60. The number of rotatable bonds is 3. The van der Waals surface area contributed by atoms with Crippen molar-refractivity contribution in [2.24, 2.45) is 7.05 Å². The number of nitrogens with one attached hydrogen (secondary N) is 1. The largest absolute Gasteiger partial charge is 0.396 e. The van der Waals surface area contributed by atoms with Crippen molar-refractivity contribution in [2.45, 2.75) is 11.9 Å². The highest BCUT2D eigenvalue weighted by Gasteiger charge is 2.21. The van der Waals surface area contributed by atoms with Crippen molar-refractivity contribution < 1.29 is 17.2 Å². The van der Waals surface area contributed by atoms with Crippen LogP contribution in [0.25, 0.3) is 0 Å². The van der Waals surface area contributed by atoms with Crippen LogP contribution in [0.15, 0.2) is 23.4 Å². The third-order valence-electron chi connectivity index (χ3n) is 2.69. The molecule has 0 saturated heterocycles. The molecule has 0 spiro atoms. The van der Waals surface area contributed by atoms with Crippen LogP contribution in [-0.4, -0.2) is 18.0 Å². The second-order valence-electron chi connectivity index (χ2n) is 4.20. The van der Waals surface area contributed by atoms with Crippen LogP contribution >= 0.6 is 0 Å². The zero-order valence-corrected chi connectivity index (χ0v) is 11.5. The zero-order chi connectivity index (χ0) is 15.1. The number of nitrogens with zero attached hydrogens (tertiary/aromatic N) is 2. The normalized spacial score (nSPS) is 11.6. The van der Waals surface area contributed by atoms with E-state index in [4.69, 9.17) is 5.73 Å². The van der Waals surface area contributed by atoms with Crippen LogP contribution in [0.5, 0.6) is 0 Å². The lowest BCUT2D eigenvalue weighted by Gasteiger charge is -2.08. The van der Waals surface area contributed by atoms with Gasteiger partial charge >= 0.3 is 0 Å². The molecule has 0 amide bonds. The number of benzene rings is 1. The number of imidazole rings is 1. The van der Waals surface area contributed by atoms with Crippen LogP contribution < -0.4 is 10.5 Å². The molecular formula is C11H12F2N4O2S. The number of nitrogens with two attached hydrogens (primary N) is 1. The summed E-state index contributed by atoms with van der Waals surface area (Å²) < 4.78 is 54.1. The number of anilines is 2. The van der Waals surface area contributed by atoms with Gasteiger partial charge in [0.2, 0.25) is 0 Å². The van der Waals surface area contributed by atoms with Crippen LogP contribution in [0.3, 0.4) is 0 Å². The Balaban J connectivity index is 2.40. The maximum atomic E-state index is 13.5. The average Bonchev–Trinajstić information content (AvgIpc) is 2.67. The lowest BCUT2D eigenvalue weighted by molar-refractivity contribution is 0.584. The van der Waals surface area contributed by atoms with E-state index < -0.39 is 27.3 Å². The van der Waals surface area contributed by atoms with Crippen molar-refractivity contribution in [3.63, 3.8) is 0 Å². The molecule has 0 fully saturated rings. The lowest BCUT2D eigenvalue weighted by Crippen LogP contribution is -2.15. The molecule has 0 atom stereocenters. The van der Waals surface area contributed by atoms with Crippen molar-refractivity contribution in [1.82, 2.24) is 9.55 Å². The molecule has 9 heteroatoms. The van der Waals surface area contributed by atoms with Crippen molar-refractivity contribution in [2.75, 3.05) is 10.5 Å². The summed E-state index contributed by atoms with van der Waals surface area (Å²) in [7, 11) is -2.44. The van der Waals surface area contributed by atoms with Gasteiger partial charge in [0, 0.05) is 19.3 Å². The second-order valence-corrected chi connectivity index (χ2v) is 5.83. The van der Waals surface area contributed by atoms with Crippen molar-refractivity contribution in [3.05, 3.63) is 35.8 Å². The second kappa shape index (κ2) is 4.75. The van der Waals surface area contributed by atoms with Gasteiger partial charge in [0.15, 0.2) is 5.03 Å². The standard InChI is InChI=1S/C11H12F2N4O2S/c1-6-15-11(5-17(6)2)20(18,19)16-10-4-9(14)7(12)3-8(10)13/h3-5,16H,14H2,1-2H3. The highest BCUT2D eigenvalue weighted by molar-refractivity contribution is 7.92. The quantitative estimate of drug-likeness (QED) is 0.838. The van der Waals surface area contributed by atoms with Gasteiger partial charge in [0.05, 0.1) is 11.4 Å². The van der Waals surface area contributed by atoms with E-state index in [2.05, 4.69) is 4.98 Å². The fourth-order valence-electron chi connectivity index (χ4n) is 1.50. The number of hydrogen-bond donors (Lipinski definition) is 2. The first kappa shape index (κ1) is 14.3.